The second-order valence-corrected chi connectivity index (χ2v) is 8.27. The number of rotatable bonds is 4. The second-order valence-electron chi connectivity index (χ2n) is 6.98. The fourth-order valence-electron chi connectivity index (χ4n) is 3.12. The summed E-state index contributed by atoms with van der Waals surface area (Å²) in [4.78, 5) is 31.3. The topological polar surface area (TPSA) is 70.5 Å². The molecular weight excluding hydrogens is 336 g/mol. The Morgan fingerprint density at radius 2 is 1.96 bits per heavy atom. The predicted octanol–water partition coefficient (Wildman–Crippen LogP) is 3.29. The van der Waals surface area contributed by atoms with E-state index in [2.05, 4.69) is 4.98 Å². The van der Waals surface area contributed by atoms with E-state index in [9.17, 15) is 14.7 Å². The summed E-state index contributed by atoms with van der Waals surface area (Å²) in [5.41, 5.74) is 2.21. The van der Waals surface area contributed by atoms with Gasteiger partial charge in [0.2, 0.25) is 5.91 Å². The van der Waals surface area contributed by atoms with E-state index in [-0.39, 0.29) is 18.9 Å². The minimum atomic E-state index is -0.836. The largest absolute Gasteiger partial charge is 0.481 e. The van der Waals surface area contributed by atoms with Crippen LogP contribution in [-0.4, -0.2) is 40.0 Å². The van der Waals surface area contributed by atoms with Gasteiger partial charge in [-0.1, -0.05) is 29.8 Å². The van der Waals surface area contributed by atoms with Crippen LogP contribution in [0.1, 0.15) is 28.8 Å². The molecule has 0 spiro atoms. The number of likely N-dealkylation sites (tertiary alicyclic amines) is 1. The van der Waals surface area contributed by atoms with Crippen molar-refractivity contribution in [3.05, 3.63) is 39.7 Å². The molecular formula is C19H22N2O3S. The second kappa shape index (κ2) is 6.59. The van der Waals surface area contributed by atoms with Crippen molar-refractivity contribution in [2.24, 2.45) is 5.41 Å². The van der Waals surface area contributed by atoms with Gasteiger partial charge in [-0.3, -0.25) is 9.59 Å². The fourth-order valence-corrected chi connectivity index (χ4v) is 4.07. The van der Waals surface area contributed by atoms with Gasteiger partial charge in [-0.15, -0.1) is 11.3 Å². The average Bonchev–Trinajstić information content (AvgIpc) is 3.12. The summed E-state index contributed by atoms with van der Waals surface area (Å²) in [5.74, 6) is -0.862. The number of carbonyl (C=O) groups is 2. The van der Waals surface area contributed by atoms with Crippen LogP contribution in [-0.2, 0) is 16.0 Å². The van der Waals surface area contributed by atoms with Crippen LogP contribution in [0, 0.1) is 19.3 Å². The Labute approximate surface area is 151 Å². The van der Waals surface area contributed by atoms with Crippen molar-refractivity contribution in [3.8, 4) is 11.3 Å². The maximum absolute atomic E-state index is 12.7. The van der Waals surface area contributed by atoms with Gasteiger partial charge >= 0.3 is 5.97 Å². The Balaban J connectivity index is 1.79. The van der Waals surface area contributed by atoms with Crippen LogP contribution in [0.4, 0.5) is 0 Å². The van der Waals surface area contributed by atoms with E-state index in [1.165, 1.54) is 16.9 Å². The van der Waals surface area contributed by atoms with Gasteiger partial charge in [0.25, 0.3) is 0 Å². The molecule has 1 aliphatic heterocycles. The Morgan fingerprint density at radius 1 is 1.28 bits per heavy atom. The van der Waals surface area contributed by atoms with Crippen LogP contribution in [0.5, 0.6) is 0 Å². The molecule has 2 heterocycles. The highest BCUT2D eigenvalue weighted by Crippen LogP contribution is 2.32. The highest BCUT2D eigenvalue weighted by Gasteiger charge is 2.42. The number of carboxylic acids is 1. The average molecular weight is 358 g/mol. The van der Waals surface area contributed by atoms with E-state index >= 15 is 0 Å². The molecule has 1 fully saturated rings. The van der Waals surface area contributed by atoms with Crippen molar-refractivity contribution < 1.29 is 14.7 Å². The first-order valence-electron chi connectivity index (χ1n) is 8.33. The number of carbonyl (C=O) groups excluding carboxylic acids is 1. The summed E-state index contributed by atoms with van der Waals surface area (Å²) in [7, 11) is 0. The number of aryl methyl sites for hydroxylation is 2. The Bertz CT molecular complexity index is 813. The van der Waals surface area contributed by atoms with Crippen molar-refractivity contribution >= 4 is 23.2 Å². The first-order valence-corrected chi connectivity index (χ1v) is 9.15. The molecule has 0 saturated carbocycles. The summed E-state index contributed by atoms with van der Waals surface area (Å²) >= 11 is 1.53. The molecule has 0 unspecified atom stereocenters. The van der Waals surface area contributed by atoms with Gasteiger partial charge in [0.05, 0.1) is 22.5 Å². The molecule has 132 valence electrons. The molecule has 1 aromatic heterocycles. The minimum absolute atomic E-state index is 0.0259. The molecule has 6 heteroatoms. The Morgan fingerprint density at radius 3 is 2.56 bits per heavy atom. The molecule has 1 atom stereocenters. The van der Waals surface area contributed by atoms with Crippen molar-refractivity contribution in [1.29, 1.82) is 0 Å². The van der Waals surface area contributed by atoms with Gasteiger partial charge in [0.15, 0.2) is 0 Å². The molecule has 5 nitrogen and oxygen atoms in total. The van der Waals surface area contributed by atoms with Gasteiger partial charge < -0.3 is 10.0 Å². The van der Waals surface area contributed by atoms with Gasteiger partial charge in [-0.2, -0.15) is 0 Å². The Kier molecular flexibility index (Phi) is 4.64. The number of hydrogen-bond donors (Lipinski definition) is 1. The zero-order chi connectivity index (χ0) is 18.2. The van der Waals surface area contributed by atoms with Crippen LogP contribution in [0.2, 0.25) is 0 Å². The number of carboxylic acid groups (broad SMARTS) is 1. The molecule has 1 aromatic carbocycles. The summed E-state index contributed by atoms with van der Waals surface area (Å²) in [6.45, 7) is 6.45. The van der Waals surface area contributed by atoms with E-state index < -0.39 is 11.4 Å². The van der Waals surface area contributed by atoms with Crippen molar-refractivity contribution in [2.45, 2.75) is 33.6 Å². The molecule has 3 rings (SSSR count). The van der Waals surface area contributed by atoms with Crippen molar-refractivity contribution in [1.82, 2.24) is 9.88 Å². The predicted molar refractivity (Wildman–Crippen MR) is 97.7 cm³/mol. The zero-order valence-electron chi connectivity index (χ0n) is 14.7. The Hall–Kier alpha value is -2.21. The summed E-state index contributed by atoms with van der Waals surface area (Å²) in [5, 5.41) is 10.3. The quantitative estimate of drug-likeness (QED) is 0.910. The van der Waals surface area contributed by atoms with Gasteiger partial charge in [0.1, 0.15) is 0 Å². The van der Waals surface area contributed by atoms with E-state index in [0.29, 0.717) is 13.0 Å². The van der Waals surface area contributed by atoms with Crippen LogP contribution >= 0.6 is 11.3 Å². The fraction of sp³-hybridized carbons (Fsp3) is 0.421. The van der Waals surface area contributed by atoms with Crippen LogP contribution in [0.3, 0.4) is 0 Å². The maximum Gasteiger partial charge on any atom is 0.311 e. The lowest BCUT2D eigenvalue weighted by Crippen LogP contribution is -2.35. The lowest BCUT2D eigenvalue weighted by molar-refractivity contribution is -0.147. The molecule has 1 amide bonds. The zero-order valence-corrected chi connectivity index (χ0v) is 15.5. The number of aromatic nitrogens is 1. The van der Waals surface area contributed by atoms with Gasteiger partial charge in [-0.25, -0.2) is 4.98 Å². The number of benzene rings is 1. The van der Waals surface area contributed by atoms with Crippen molar-refractivity contribution in [3.63, 3.8) is 0 Å². The molecule has 1 saturated heterocycles. The lowest BCUT2D eigenvalue weighted by atomic mass is 9.90. The highest BCUT2D eigenvalue weighted by molar-refractivity contribution is 7.12. The summed E-state index contributed by atoms with van der Waals surface area (Å²) in [6, 6.07) is 8.12. The monoisotopic (exact) mass is 358 g/mol. The molecule has 1 N–H and O–H groups in total. The van der Waals surface area contributed by atoms with Crippen molar-refractivity contribution in [2.75, 3.05) is 13.1 Å². The number of nitrogens with zero attached hydrogens (tertiary/aromatic N) is 2. The number of amides is 1. The normalized spacial score (nSPS) is 20.0. The van der Waals surface area contributed by atoms with E-state index in [1.807, 2.05) is 38.1 Å². The minimum Gasteiger partial charge on any atom is -0.481 e. The number of thiazole rings is 1. The van der Waals surface area contributed by atoms with Crippen LogP contribution < -0.4 is 0 Å². The van der Waals surface area contributed by atoms with Crippen LogP contribution in [0.25, 0.3) is 11.3 Å². The van der Waals surface area contributed by atoms with Gasteiger partial charge in [-0.05, 0) is 27.2 Å². The summed E-state index contributed by atoms with van der Waals surface area (Å²) < 4.78 is 0. The van der Waals surface area contributed by atoms with E-state index in [4.69, 9.17) is 0 Å². The number of hydrogen-bond acceptors (Lipinski definition) is 4. The molecule has 1 aliphatic rings. The third-order valence-electron chi connectivity index (χ3n) is 4.78. The first-order chi connectivity index (χ1) is 11.8. The third kappa shape index (κ3) is 3.58. The smallest absolute Gasteiger partial charge is 0.311 e. The first kappa shape index (κ1) is 17.6. The summed E-state index contributed by atoms with van der Waals surface area (Å²) in [6.07, 6.45) is 0.769. The lowest BCUT2D eigenvalue weighted by Gasteiger charge is -2.20. The molecule has 0 radical (unpaired) electrons. The SMILES string of the molecule is Cc1ccc(-c2nc(C)sc2CC(=O)N2CC[C@](C)(C(=O)O)C2)cc1. The standard InChI is InChI=1S/C19H22N2O3S/c1-12-4-6-14(7-5-12)17-15(25-13(2)20-17)10-16(22)21-9-8-19(3,11-21)18(23)24/h4-7H,8-11H2,1-3H3,(H,23,24)/t19-/m0/s1. The van der Waals surface area contributed by atoms with E-state index in [1.54, 1.807) is 11.8 Å². The van der Waals surface area contributed by atoms with E-state index in [0.717, 1.165) is 21.1 Å². The van der Waals surface area contributed by atoms with Gasteiger partial charge in [0, 0.05) is 23.5 Å². The highest BCUT2D eigenvalue weighted by atomic mass is 32.1. The maximum atomic E-state index is 12.7. The molecule has 2 aromatic rings. The molecule has 0 aliphatic carbocycles. The number of aliphatic carboxylic acids is 1. The molecule has 25 heavy (non-hydrogen) atoms. The molecule has 0 bridgehead atoms. The third-order valence-corrected chi connectivity index (χ3v) is 5.75. The van der Waals surface area contributed by atoms with Crippen LogP contribution in [0.15, 0.2) is 24.3 Å².